The lowest BCUT2D eigenvalue weighted by atomic mass is 10.1. The average Bonchev–Trinajstić information content (AvgIpc) is 2.98. The van der Waals surface area contributed by atoms with Crippen molar-refractivity contribution in [2.24, 2.45) is 0 Å². The summed E-state index contributed by atoms with van der Waals surface area (Å²) in [7, 11) is 0. The summed E-state index contributed by atoms with van der Waals surface area (Å²) in [5.74, 6) is 1.14. The number of fused-ring (bicyclic) bond motifs is 2. The zero-order valence-electron chi connectivity index (χ0n) is 12.0. The quantitative estimate of drug-likeness (QED) is 0.773. The predicted molar refractivity (Wildman–Crippen MR) is 79.6 cm³/mol. The van der Waals surface area contributed by atoms with Crippen LogP contribution in [0.2, 0.25) is 0 Å². The molecule has 2 saturated heterocycles. The first-order valence-corrected chi connectivity index (χ1v) is 8.30. The van der Waals surface area contributed by atoms with Gasteiger partial charge in [0.05, 0.1) is 0 Å². The lowest BCUT2D eigenvalue weighted by Gasteiger charge is -2.42. The smallest absolute Gasteiger partial charge is 0.268 e. The van der Waals surface area contributed by atoms with Crippen LogP contribution in [0.4, 0.5) is 0 Å². The number of nitrogens with one attached hydrogen (secondary N) is 1. The van der Waals surface area contributed by atoms with Gasteiger partial charge in [-0.15, -0.1) is 11.3 Å². The molecule has 0 radical (unpaired) electrons. The molecule has 7 nitrogen and oxygen atoms in total. The molecule has 2 fully saturated rings. The second-order valence-electron chi connectivity index (χ2n) is 5.55. The number of rotatable bonds is 1. The average molecular weight is 323 g/mol. The summed E-state index contributed by atoms with van der Waals surface area (Å²) in [6.07, 6.45) is 0. The lowest BCUT2D eigenvalue weighted by Crippen LogP contribution is -2.64. The second kappa shape index (κ2) is 5.44. The molecule has 4 heterocycles. The number of hydrogen-bond donors (Lipinski definition) is 1. The molecule has 1 atom stereocenters. The fourth-order valence-corrected chi connectivity index (χ4v) is 4.01. The fraction of sp³-hybridized carbons (Fsp3) is 0.571. The maximum absolute atomic E-state index is 12.8. The van der Waals surface area contributed by atoms with Crippen LogP contribution in [0.25, 0.3) is 0 Å². The predicted octanol–water partition coefficient (Wildman–Crippen LogP) is -0.224. The van der Waals surface area contributed by atoms with Crippen LogP contribution in [0.5, 0.6) is 11.5 Å². The SMILES string of the molecule is O=C1NCCN2CCN(C(=O)c3scc4c3OCCO4)C[C@H]12. The van der Waals surface area contributed by atoms with E-state index in [0.29, 0.717) is 49.2 Å². The molecule has 0 aromatic carbocycles. The highest BCUT2D eigenvalue weighted by atomic mass is 32.1. The fourth-order valence-electron chi connectivity index (χ4n) is 3.12. The molecule has 3 aliphatic heterocycles. The van der Waals surface area contributed by atoms with E-state index in [9.17, 15) is 9.59 Å². The molecule has 0 saturated carbocycles. The van der Waals surface area contributed by atoms with E-state index >= 15 is 0 Å². The van der Waals surface area contributed by atoms with E-state index in [1.807, 2.05) is 5.38 Å². The number of hydrogen-bond acceptors (Lipinski definition) is 6. The van der Waals surface area contributed by atoms with Crippen molar-refractivity contribution in [1.29, 1.82) is 0 Å². The Morgan fingerprint density at radius 1 is 1.27 bits per heavy atom. The largest absolute Gasteiger partial charge is 0.485 e. The first-order valence-electron chi connectivity index (χ1n) is 7.42. The molecule has 2 amide bonds. The topological polar surface area (TPSA) is 71.1 Å². The van der Waals surface area contributed by atoms with Crippen molar-refractivity contribution in [2.45, 2.75) is 6.04 Å². The third-order valence-electron chi connectivity index (χ3n) is 4.27. The third kappa shape index (κ3) is 2.22. The number of nitrogens with zero attached hydrogens (tertiary/aromatic N) is 2. The van der Waals surface area contributed by atoms with Crippen molar-refractivity contribution < 1.29 is 19.1 Å². The monoisotopic (exact) mass is 323 g/mol. The molecule has 118 valence electrons. The normalized spacial score (nSPS) is 24.6. The second-order valence-corrected chi connectivity index (χ2v) is 6.43. The minimum atomic E-state index is -0.237. The van der Waals surface area contributed by atoms with Crippen molar-refractivity contribution in [1.82, 2.24) is 15.1 Å². The van der Waals surface area contributed by atoms with E-state index in [1.54, 1.807) is 4.90 Å². The van der Waals surface area contributed by atoms with Gasteiger partial charge in [-0.25, -0.2) is 0 Å². The van der Waals surface area contributed by atoms with Crippen LogP contribution in [0.15, 0.2) is 5.38 Å². The summed E-state index contributed by atoms with van der Waals surface area (Å²) < 4.78 is 11.1. The Hall–Kier alpha value is -1.80. The maximum atomic E-state index is 12.8. The Kier molecular flexibility index (Phi) is 3.42. The van der Waals surface area contributed by atoms with E-state index in [2.05, 4.69) is 10.2 Å². The molecule has 1 aromatic heterocycles. The van der Waals surface area contributed by atoms with E-state index in [4.69, 9.17) is 9.47 Å². The van der Waals surface area contributed by atoms with Gasteiger partial charge in [0.1, 0.15) is 24.1 Å². The molecule has 4 rings (SSSR count). The van der Waals surface area contributed by atoms with Crippen LogP contribution in [0.3, 0.4) is 0 Å². The molecular weight excluding hydrogens is 306 g/mol. The van der Waals surface area contributed by atoms with Crippen molar-refractivity contribution in [2.75, 3.05) is 45.9 Å². The highest BCUT2D eigenvalue weighted by Crippen LogP contribution is 2.40. The summed E-state index contributed by atoms with van der Waals surface area (Å²) in [4.78, 5) is 29.2. The van der Waals surface area contributed by atoms with Crippen LogP contribution in [0, 0.1) is 0 Å². The van der Waals surface area contributed by atoms with E-state index in [0.717, 1.165) is 13.1 Å². The molecule has 1 N–H and O–H groups in total. The number of thiophene rings is 1. The maximum Gasteiger partial charge on any atom is 0.268 e. The van der Waals surface area contributed by atoms with Gasteiger partial charge in [-0.05, 0) is 0 Å². The summed E-state index contributed by atoms with van der Waals surface area (Å²) in [5, 5.41) is 4.68. The van der Waals surface area contributed by atoms with Crippen molar-refractivity contribution in [3.8, 4) is 11.5 Å². The van der Waals surface area contributed by atoms with Gasteiger partial charge in [0.2, 0.25) is 5.91 Å². The molecule has 22 heavy (non-hydrogen) atoms. The van der Waals surface area contributed by atoms with Crippen molar-refractivity contribution >= 4 is 23.2 Å². The van der Waals surface area contributed by atoms with Gasteiger partial charge in [-0.2, -0.15) is 0 Å². The van der Waals surface area contributed by atoms with Gasteiger partial charge in [0, 0.05) is 38.1 Å². The summed E-state index contributed by atoms with van der Waals surface area (Å²) >= 11 is 1.34. The molecule has 0 bridgehead atoms. The van der Waals surface area contributed by atoms with Gasteiger partial charge in [0.25, 0.3) is 5.91 Å². The Morgan fingerprint density at radius 2 is 2.14 bits per heavy atom. The third-order valence-corrected chi connectivity index (χ3v) is 5.20. The summed E-state index contributed by atoms with van der Waals surface area (Å²) in [6.45, 7) is 4.31. The van der Waals surface area contributed by atoms with Gasteiger partial charge < -0.3 is 19.7 Å². The molecule has 3 aliphatic rings. The van der Waals surface area contributed by atoms with Crippen molar-refractivity contribution in [3.05, 3.63) is 10.3 Å². The van der Waals surface area contributed by atoms with Crippen LogP contribution in [-0.4, -0.2) is 73.6 Å². The molecule has 0 unspecified atom stereocenters. The number of amides is 2. The minimum Gasteiger partial charge on any atom is -0.485 e. The number of piperazine rings is 2. The first-order chi connectivity index (χ1) is 10.7. The van der Waals surface area contributed by atoms with Crippen LogP contribution in [0.1, 0.15) is 9.67 Å². The van der Waals surface area contributed by atoms with E-state index in [1.165, 1.54) is 11.3 Å². The Bertz CT molecular complexity index is 617. The Morgan fingerprint density at radius 3 is 3.05 bits per heavy atom. The minimum absolute atomic E-state index is 0.0107. The van der Waals surface area contributed by atoms with Crippen LogP contribution < -0.4 is 14.8 Å². The zero-order chi connectivity index (χ0) is 15.1. The Labute approximate surface area is 131 Å². The van der Waals surface area contributed by atoms with Crippen LogP contribution in [-0.2, 0) is 4.79 Å². The molecule has 8 heteroatoms. The molecular formula is C14H17N3O4S. The number of carbonyl (C=O) groups is 2. The standard InChI is InChI=1S/C14H17N3O4S/c18-13-9-7-17(4-3-16(9)2-1-15-13)14(19)12-11-10(8-22-12)20-5-6-21-11/h8-9H,1-7H2,(H,15,18)/t9-/m1/s1. The van der Waals surface area contributed by atoms with Gasteiger partial charge >= 0.3 is 0 Å². The summed E-state index contributed by atoms with van der Waals surface area (Å²) in [5.41, 5.74) is 0. The Balaban J connectivity index is 1.53. The number of ether oxygens (including phenoxy) is 2. The highest BCUT2D eigenvalue weighted by molar-refractivity contribution is 7.12. The zero-order valence-corrected chi connectivity index (χ0v) is 12.9. The summed E-state index contributed by atoms with van der Waals surface area (Å²) in [6, 6.07) is -0.237. The van der Waals surface area contributed by atoms with Gasteiger partial charge in [-0.1, -0.05) is 0 Å². The first kappa shape index (κ1) is 13.8. The molecule has 1 aromatic rings. The molecule has 0 aliphatic carbocycles. The van der Waals surface area contributed by atoms with Gasteiger partial charge in [-0.3, -0.25) is 14.5 Å². The van der Waals surface area contributed by atoms with Crippen LogP contribution >= 0.6 is 11.3 Å². The lowest BCUT2D eigenvalue weighted by molar-refractivity contribution is -0.131. The van der Waals surface area contributed by atoms with Crippen molar-refractivity contribution in [3.63, 3.8) is 0 Å². The van der Waals surface area contributed by atoms with E-state index < -0.39 is 0 Å². The number of carbonyl (C=O) groups excluding carboxylic acids is 2. The molecule has 0 spiro atoms. The van der Waals surface area contributed by atoms with Gasteiger partial charge in [0.15, 0.2) is 11.5 Å². The highest BCUT2D eigenvalue weighted by Gasteiger charge is 2.37. The van der Waals surface area contributed by atoms with E-state index in [-0.39, 0.29) is 17.9 Å².